The molecule has 0 radical (unpaired) electrons. The minimum atomic E-state index is -0.466. The van der Waals surface area contributed by atoms with E-state index in [1.807, 2.05) is 0 Å². The van der Waals surface area contributed by atoms with Gasteiger partial charge in [0.25, 0.3) is 0 Å². The van der Waals surface area contributed by atoms with E-state index in [0.717, 1.165) is 19.6 Å². The van der Waals surface area contributed by atoms with Crippen LogP contribution in [0, 0.1) is 0 Å². The van der Waals surface area contributed by atoms with Crippen LogP contribution in [0.15, 0.2) is 12.7 Å². The standard InChI is InChI=1S/C6H11BO3/c1-2-4-8-7-9-5-3-6-10-7/h2H,1,3-6H2. The van der Waals surface area contributed by atoms with Crippen molar-refractivity contribution in [1.82, 2.24) is 0 Å². The maximum absolute atomic E-state index is 5.09. The summed E-state index contributed by atoms with van der Waals surface area (Å²) in [7, 11) is -0.466. The third-order valence-corrected chi connectivity index (χ3v) is 1.15. The third-order valence-electron chi connectivity index (χ3n) is 1.15. The van der Waals surface area contributed by atoms with Crippen LogP contribution in [0.25, 0.3) is 0 Å². The van der Waals surface area contributed by atoms with Crippen molar-refractivity contribution < 1.29 is 14.0 Å². The van der Waals surface area contributed by atoms with Crippen LogP contribution in [0.3, 0.4) is 0 Å². The fraction of sp³-hybridized carbons (Fsp3) is 0.667. The monoisotopic (exact) mass is 142 g/mol. The molecule has 1 saturated heterocycles. The molecule has 0 bridgehead atoms. The van der Waals surface area contributed by atoms with Crippen molar-refractivity contribution in [1.29, 1.82) is 0 Å². The molecule has 1 heterocycles. The van der Waals surface area contributed by atoms with Crippen molar-refractivity contribution >= 4 is 7.32 Å². The van der Waals surface area contributed by atoms with E-state index in [9.17, 15) is 0 Å². The summed E-state index contributed by atoms with van der Waals surface area (Å²) in [4.78, 5) is 0. The van der Waals surface area contributed by atoms with Crippen molar-refractivity contribution in [2.75, 3.05) is 19.8 Å². The molecule has 10 heavy (non-hydrogen) atoms. The topological polar surface area (TPSA) is 27.7 Å². The average Bonchev–Trinajstić information content (AvgIpc) is 2.03. The van der Waals surface area contributed by atoms with Crippen molar-refractivity contribution in [3.63, 3.8) is 0 Å². The van der Waals surface area contributed by atoms with Gasteiger partial charge in [0.05, 0.1) is 6.61 Å². The first-order valence-corrected chi connectivity index (χ1v) is 3.39. The predicted molar refractivity (Wildman–Crippen MR) is 38.4 cm³/mol. The Hall–Kier alpha value is -0.315. The Balaban J connectivity index is 2.07. The first kappa shape index (κ1) is 7.79. The fourth-order valence-electron chi connectivity index (χ4n) is 0.709. The molecule has 4 heteroatoms. The zero-order valence-electron chi connectivity index (χ0n) is 5.91. The van der Waals surface area contributed by atoms with Gasteiger partial charge in [-0.3, -0.25) is 0 Å². The van der Waals surface area contributed by atoms with Crippen molar-refractivity contribution in [2.24, 2.45) is 0 Å². The lowest BCUT2D eigenvalue weighted by Gasteiger charge is -2.17. The van der Waals surface area contributed by atoms with Gasteiger partial charge in [0, 0.05) is 13.2 Å². The summed E-state index contributed by atoms with van der Waals surface area (Å²) < 4.78 is 15.2. The van der Waals surface area contributed by atoms with E-state index < -0.39 is 7.32 Å². The molecule has 0 aliphatic carbocycles. The predicted octanol–water partition coefficient (Wildman–Crippen LogP) is 0.611. The van der Waals surface area contributed by atoms with Gasteiger partial charge in [-0.2, -0.15) is 0 Å². The van der Waals surface area contributed by atoms with Crippen LogP contribution in [0.2, 0.25) is 0 Å². The van der Waals surface area contributed by atoms with Crippen LogP contribution >= 0.6 is 0 Å². The molecule has 0 amide bonds. The quantitative estimate of drug-likeness (QED) is 0.426. The molecule has 0 saturated carbocycles. The first-order chi connectivity index (χ1) is 4.93. The Bertz CT molecular complexity index is 101. The highest BCUT2D eigenvalue weighted by atomic mass is 16.7. The summed E-state index contributed by atoms with van der Waals surface area (Å²) in [6.07, 6.45) is 2.62. The molecule has 0 atom stereocenters. The average molecular weight is 142 g/mol. The van der Waals surface area contributed by atoms with Crippen LogP contribution in [-0.2, 0) is 14.0 Å². The third kappa shape index (κ3) is 2.52. The van der Waals surface area contributed by atoms with Crippen LogP contribution in [-0.4, -0.2) is 27.1 Å². The van der Waals surface area contributed by atoms with E-state index in [1.165, 1.54) is 0 Å². The minimum Gasteiger partial charge on any atom is -0.386 e. The molecule has 0 spiro atoms. The molecule has 1 aliphatic heterocycles. The zero-order valence-corrected chi connectivity index (χ0v) is 5.91. The second-order valence-corrected chi connectivity index (χ2v) is 2.01. The van der Waals surface area contributed by atoms with Crippen molar-refractivity contribution in [3.8, 4) is 0 Å². The van der Waals surface area contributed by atoms with E-state index >= 15 is 0 Å². The van der Waals surface area contributed by atoms with Gasteiger partial charge in [-0.1, -0.05) is 6.08 Å². The number of rotatable bonds is 3. The summed E-state index contributed by atoms with van der Waals surface area (Å²) in [5.41, 5.74) is 0. The van der Waals surface area contributed by atoms with Gasteiger partial charge in [0.15, 0.2) is 0 Å². The highest BCUT2D eigenvalue weighted by molar-refractivity contribution is 6.36. The zero-order chi connectivity index (χ0) is 7.23. The lowest BCUT2D eigenvalue weighted by atomic mass is 10.2. The van der Waals surface area contributed by atoms with Crippen molar-refractivity contribution in [2.45, 2.75) is 6.42 Å². The molecule has 0 aromatic rings. The van der Waals surface area contributed by atoms with Gasteiger partial charge >= 0.3 is 7.32 Å². The van der Waals surface area contributed by atoms with E-state index in [1.54, 1.807) is 6.08 Å². The smallest absolute Gasteiger partial charge is 0.386 e. The van der Waals surface area contributed by atoms with Gasteiger partial charge in [0.2, 0.25) is 0 Å². The van der Waals surface area contributed by atoms with E-state index in [2.05, 4.69) is 6.58 Å². The summed E-state index contributed by atoms with van der Waals surface area (Å²) in [5, 5.41) is 0. The van der Waals surface area contributed by atoms with Crippen LogP contribution in [0.1, 0.15) is 6.42 Å². The second-order valence-electron chi connectivity index (χ2n) is 2.01. The lowest BCUT2D eigenvalue weighted by molar-refractivity contribution is 0.0597. The summed E-state index contributed by atoms with van der Waals surface area (Å²) in [6.45, 7) is 5.43. The highest BCUT2D eigenvalue weighted by Gasteiger charge is 2.23. The number of hydrogen-bond donors (Lipinski definition) is 0. The number of hydrogen-bond acceptors (Lipinski definition) is 3. The fourth-order valence-corrected chi connectivity index (χ4v) is 0.709. The molecular weight excluding hydrogens is 131 g/mol. The molecule has 56 valence electrons. The molecule has 3 nitrogen and oxygen atoms in total. The Morgan fingerprint density at radius 1 is 1.50 bits per heavy atom. The van der Waals surface area contributed by atoms with Gasteiger partial charge in [-0.25, -0.2) is 0 Å². The molecule has 1 fully saturated rings. The van der Waals surface area contributed by atoms with Crippen LogP contribution in [0.4, 0.5) is 0 Å². The largest absolute Gasteiger partial charge is 0.639 e. The maximum Gasteiger partial charge on any atom is 0.639 e. The Morgan fingerprint density at radius 3 is 2.80 bits per heavy atom. The summed E-state index contributed by atoms with van der Waals surface area (Å²) in [6, 6.07) is 0. The molecular formula is C6H11BO3. The molecule has 0 N–H and O–H groups in total. The Morgan fingerprint density at radius 2 is 2.20 bits per heavy atom. The lowest BCUT2D eigenvalue weighted by Crippen LogP contribution is -2.32. The van der Waals surface area contributed by atoms with E-state index in [0.29, 0.717) is 6.61 Å². The molecule has 0 aromatic heterocycles. The first-order valence-electron chi connectivity index (χ1n) is 3.39. The van der Waals surface area contributed by atoms with Gasteiger partial charge in [-0.05, 0) is 6.42 Å². The SMILES string of the molecule is C=CCOB1OCCCO1. The van der Waals surface area contributed by atoms with Crippen molar-refractivity contribution in [3.05, 3.63) is 12.7 Å². The van der Waals surface area contributed by atoms with Crippen LogP contribution < -0.4 is 0 Å². The molecule has 1 aliphatic rings. The Labute approximate surface area is 61.1 Å². The second kappa shape index (κ2) is 4.49. The van der Waals surface area contributed by atoms with Gasteiger partial charge in [0.1, 0.15) is 0 Å². The van der Waals surface area contributed by atoms with Crippen LogP contribution in [0.5, 0.6) is 0 Å². The Kier molecular flexibility index (Phi) is 3.50. The molecule has 0 unspecified atom stereocenters. The van der Waals surface area contributed by atoms with E-state index in [-0.39, 0.29) is 0 Å². The molecule has 0 aromatic carbocycles. The van der Waals surface area contributed by atoms with Gasteiger partial charge in [-0.15, -0.1) is 6.58 Å². The summed E-state index contributed by atoms with van der Waals surface area (Å²) in [5.74, 6) is 0. The normalized spacial score (nSPS) is 19.0. The minimum absolute atomic E-state index is 0.466. The van der Waals surface area contributed by atoms with Gasteiger partial charge < -0.3 is 14.0 Å². The van der Waals surface area contributed by atoms with E-state index in [4.69, 9.17) is 14.0 Å². The maximum atomic E-state index is 5.09. The summed E-state index contributed by atoms with van der Waals surface area (Å²) >= 11 is 0. The molecule has 1 rings (SSSR count). The highest BCUT2D eigenvalue weighted by Crippen LogP contribution is 2.01.